The summed E-state index contributed by atoms with van der Waals surface area (Å²) in [5, 5.41) is 3.63. The maximum atomic E-state index is 12.6. The molecule has 0 saturated carbocycles. The zero-order chi connectivity index (χ0) is 20.1. The molecular weight excluding hydrogens is 399 g/mol. The molecule has 1 unspecified atom stereocenters. The molecule has 2 aliphatic rings. The molecule has 2 fully saturated rings. The second-order valence-corrected chi connectivity index (χ2v) is 8.31. The highest BCUT2D eigenvalue weighted by molar-refractivity contribution is 6.44. The van der Waals surface area contributed by atoms with Gasteiger partial charge >= 0.3 is 0 Å². The quantitative estimate of drug-likeness (QED) is 0.785. The average molecular weight is 427 g/mol. The Bertz CT molecular complexity index is 701. The summed E-state index contributed by atoms with van der Waals surface area (Å²) in [5.41, 5.74) is 0.525. The second kappa shape index (κ2) is 9.92. The predicted molar refractivity (Wildman–Crippen MR) is 113 cm³/mol. The van der Waals surface area contributed by atoms with Gasteiger partial charge in [-0.3, -0.25) is 19.4 Å². The van der Waals surface area contributed by atoms with Crippen LogP contribution in [0.1, 0.15) is 26.2 Å². The topological polar surface area (TPSA) is 55.9 Å². The summed E-state index contributed by atoms with van der Waals surface area (Å²) in [5.74, 6) is 0.122. The molecular formula is C20H28Cl2N4O2. The normalized spacial score (nSPS) is 20.0. The van der Waals surface area contributed by atoms with Crippen molar-refractivity contribution in [1.29, 1.82) is 0 Å². The maximum Gasteiger partial charge on any atom is 0.241 e. The standard InChI is InChI=1S/C20H28Cl2N4O2/c1-15(20(28)23-17-7-5-6-16(21)19(17)22)25-12-10-24(11-13-25)14-18(27)26-8-3-2-4-9-26/h5-7,15H,2-4,8-14H2,1H3,(H,23,28). The number of nitrogens with one attached hydrogen (secondary N) is 1. The van der Waals surface area contributed by atoms with Gasteiger partial charge in [0.25, 0.3) is 0 Å². The number of rotatable bonds is 5. The Kier molecular flexibility index (Phi) is 7.57. The number of likely N-dealkylation sites (tertiary alicyclic amines) is 1. The van der Waals surface area contributed by atoms with Gasteiger partial charge in [0.1, 0.15) is 0 Å². The highest BCUT2D eigenvalue weighted by Gasteiger charge is 2.28. The second-order valence-electron chi connectivity index (χ2n) is 7.52. The summed E-state index contributed by atoms with van der Waals surface area (Å²) in [7, 11) is 0. The van der Waals surface area contributed by atoms with E-state index in [0.717, 1.165) is 52.1 Å². The van der Waals surface area contributed by atoms with Crippen LogP contribution >= 0.6 is 23.2 Å². The molecule has 2 amide bonds. The third-order valence-electron chi connectivity index (χ3n) is 5.61. The fourth-order valence-electron chi connectivity index (χ4n) is 3.75. The third kappa shape index (κ3) is 5.38. The monoisotopic (exact) mass is 426 g/mol. The van der Waals surface area contributed by atoms with Gasteiger partial charge in [0.2, 0.25) is 11.8 Å². The van der Waals surface area contributed by atoms with Gasteiger partial charge in [-0.2, -0.15) is 0 Å². The van der Waals surface area contributed by atoms with Crippen molar-refractivity contribution in [3.05, 3.63) is 28.2 Å². The van der Waals surface area contributed by atoms with Crippen LogP contribution in [0.25, 0.3) is 0 Å². The number of hydrogen-bond acceptors (Lipinski definition) is 4. The third-order valence-corrected chi connectivity index (χ3v) is 6.43. The van der Waals surface area contributed by atoms with Gasteiger partial charge < -0.3 is 10.2 Å². The molecule has 28 heavy (non-hydrogen) atoms. The lowest BCUT2D eigenvalue weighted by Crippen LogP contribution is -2.54. The summed E-state index contributed by atoms with van der Waals surface area (Å²) >= 11 is 12.2. The summed E-state index contributed by atoms with van der Waals surface area (Å²) < 4.78 is 0. The molecule has 1 aromatic rings. The fraction of sp³-hybridized carbons (Fsp3) is 0.600. The van der Waals surface area contributed by atoms with Gasteiger partial charge in [0, 0.05) is 39.3 Å². The molecule has 1 atom stereocenters. The van der Waals surface area contributed by atoms with E-state index in [2.05, 4.69) is 15.1 Å². The molecule has 1 aromatic carbocycles. The number of piperazine rings is 1. The molecule has 3 rings (SSSR count). The molecule has 0 aliphatic carbocycles. The van der Waals surface area contributed by atoms with Gasteiger partial charge in [-0.05, 0) is 38.3 Å². The number of amides is 2. The molecule has 6 nitrogen and oxygen atoms in total. The van der Waals surface area contributed by atoms with Crippen LogP contribution in [-0.2, 0) is 9.59 Å². The number of nitrogens with zero attached hydrogens (tertiary/aromatic N) is 3. The van der Waals surface area contributed by atoms with Crippen molar-refractivity contribution in [2.45, 2.75) is 32.2 Å². The van der Waals surface area contributed by atoms with Crippen LogP contribution in [0.5, 0.6) is 0 Å². The lowest BCUT2D eigenvalue weighted by Gasteiger charge is -2.38. The van der Waals surface area contributed by atoms with Crippen molar-refractivity contribution in [2.75, 3.05) is 51.1 Å². The first kappa shape index (κ1) is 21.4. The minimum absolute atomic E-state index is 0.109. The van der Waals surface area contributed by atoms with Crippen molar-refractivity contribution in [3.63, 3.8) is 0 Å². The Morgan fingerprint density at radius 3 is 2.39 bits per heavy atom. The number of piperidine rings is 1. The van der Waals surface area contributed by atoms with Crippen molar-refractivity contribution in [2.24, 2.45) is 0 Å². The van der Waals surface area contributed by atoms with Gasteiger partial charge in [-0.1, -0.05) is 29.3 Å². The first-order chi connectivity index (χ1) is 13.5. The zero-order valence-corrected chi connectivity index (χ0v) is 17.8. The fourth-order valence-corrected chi connectivity index (χ4v) is 4.09. The SMILES string of the molecule is CC(C(=O)Nc1cccc(Cl)c1Cl)N1CCN(CC(=O)N2CCCCC2)CC1. The summed E-state index contributed by atoms with van der Waals surface area (Å²) in [4.78, 5) is 31.4. The zero-order valence-electron chi connectivity index (χ0n) is 16.3. The van der Waals surface area contributed by atoms with Crippen molar-refractivity contribution < 1.29 is 9.59 Å². The predicted octanol–water partition coefficient (Wildman–Crippen LogP) is 2.95. The van der Waals surface area contributed by atoms with Crippen LogP contribution in [0.4, 0.5) is 5.69 Å². The van der Waals surface area contributed by atoms with Gasteiger partial charge in [-0.25, -0.2) is 0 Å². The van der Waals surface area contributed by atoms with Crippen molar-refractivity contribution in [1.82, 2.24) is 14.7 Å². The van der Waals surface area contributed by atoms with E-state index in [0.29, 0.717) is 22.3 Å². The van der Waals surface area contributed by atoms with E-state index in [1.165, 1.54) is 6.42 Å². The largest absolute Gasteiger partial charge is 0.342 e. The number of hydrogen-bond donors (Lipinski definition) is 1. The highest BCUT2D eigenvalue weighted by atomic mass is 35.5. The number of halogens is 2. The van der Waals surface area contributed by atoms with Crippen molar-refractivity contribution in [3.8, 4) is 0 Å². The summed E-state index contributed by atoms with van der Waals surface area (Å²) in [6.07, 6.45) is 3.45. The molecule has 2 heterocycles. The molecule has 154 valence electrons. The van der Waals surface area contributed by atoms with E-state index in [1.54, 1.807) is 18.2 Å². The Hall–Kier alpha value is -1.34. The Morgan fingerprint density at radius 1 is 1.04 bits per heavy atom. The Labute approximate surface area is 176 Å². The van der Waals surface area contributed by atoms with E-state index in [4.69, 9.17) is 23.2 Å². The van der Waals surface area contributed by atoms with Gasteiger partial charge in [0.15, 0.2) is 0 Å². The molecule has 0 aromatic heterocycles. The van der Waals surface area contributed by atoms with E-state index in [1.807, 2.05) is 11.8 Å². The molecule has 0 bridgehead atoms. The van der Waals surface area contributed by atoms with Crippen LogP contribution in [0, 0.1) is 0 Å². The smallest absolute Gasteiger partial charge is 0.241 e. The van der Waals surface area contributed by atoms with Crippen LogP contribution < -0.4 is 5.32 Å². The van der Waals surface area contributed by atoms with Crippen LogP contribution in [0.15, 0.2) is 18.2 Å². The summed E-state index contributed by atoms with van der Waals surface area (Å²) in [6.45, 7) is 7.24. The van der Waals surface area contributed by atoms with E-state index >= 15 is 0 Å². The average Bonchev–Trinajstić information content (AvgIpc) is 2.72. The molecule has 0 spiro atoms. The summed E-state index contributed by atoms with van der Waals surface area (Å²) in [6, 6.07) is 4.90. The number of benzene rings is 1. The molecule has 2 aliphatic heterocycles. The number of carbonyl (C=O) groups is 2. The lowest BCUT2D eigenvalue weighted by atomic mass is 10.1. The lowest BCUT2D eigenvalue weighted by molar-refractivity contribution is -0.134. The van der Waals surface area contributed by atoms with Gasteiger partial charge in [-0.15, -0.1) is 0 Å². The van der Waals surface area contributed by atoms with Crippen LogP contribution in [0.3, 0.4) is 0 Å². The van der Waals surface area contributed by atoms with E-state index in [-0.39, 0.29) is 17.9 Å². The number of carbonyl (C=O) groups excluding carboxylic acids is 2. The Morgan fingerprint density at radius 2 is 1.71 bits per heavy atom. The van der Waals surface area contributed by atoms with Crippen LogP contribution in [0.2, 0.25) is 10.0 Å². The Balaban J connectivity index is 1.46. The molecule has 8 heteroatoms. The molecule has 2 saturated heterocycles. The van der Waals surface area contributed by atoms with Gasteiger partial charge in [0.05, 0.1) is 28.3 Å². The minimum atomic E-state index is -0.282. The van der Waals surface area contributed by atoms with E-state index in [9.17, 15) is 9.59 Å². The maximum absolute atomic E-state index is 12.6. The molecule has 1 N–H and O–H groups in total. The van der Waals surface area contributed by atoms with Crippen molar-refractivity contribution >= 4 is 40.7 Å². The van der Waals surface area contributed by atoms with Crippen LogP contribution in [-0.4, -0.2) is 78.4 Å². The van der Waals surface area contributed by atoms with E-state index < -0.39 is 0 Å². The first-order valence-electron chi connectivity index (χ1n) is 9.95. The highest BCUT2D eigenvalue weighted by Crippen LogP contribution is 2.29. The minimum Gasteiger partial charge on any atom is -0.342 e. The number of anilines is 1. The molecule has 0 radical (unpaired) electrons. The first-order valence-corrected chi connectivity index (χ1v) is 10.7.